The van der Waals surface area contributed by atoms with Crippen molar-refractivity contribution in [3.8, 4) is 0 Å². The van der Waals surface area contributed by atoms with Crippen molar-refractivity contribution in [2.45, 2.75) is 26.3 Å². The van der Waals surface area contributed by atoms with Crippen LogP contribution in [0.3, 0.4) is 0 Å². The van der Waals surface area contributed by atoms with E-state index in [1.807, 2.05) is 13.0 Å². The fraction of sp³-hybridized carbons (Fsp3) is 0.438. The SMILES string of the molecule is CC(CCN)C(=O)NCCCn1ccc2ccccc21. The summed E-state index contributed by atoms with van der Waals surface area (Å²) in [4.78, 5) is 11.7. The number of para-hydroxylation sites is 1. The van der Waals surface area contributed by atoms with Crippen LogP contribution < -0.4 is 11.1 Å². The van der Waals surface area contributed by atoms with E-state index in [4.69, 9.17) is 5.73 Å². The van der Waals surface area contributed by atoms with Crippen LogP contribution in [0.25, 0.3) is 10.9 Å². The fourth-order valence-corrected chi connectivity index (χ4v) is 2.35. The molecule has 0 saturated carbocycles. The van der Waals surface area contributed by atoms with Crippen LogP contribution in [0.15, 0.2) is 36.5 Å². The normalized spacial score (nSPS) is 12.5. The van der Waals surface area contributed by atoms with Crippen molar-refractivity contribution >= 4 is 16.8 Å². The maximum absolute atomic E-state index is 11.7. The highest BCUT2D eigenvalue weighted by Crippen LogP contribution is 2.15. The van der Waals surface area contributed by atoms with Gasteiger partial charge in [-0.1, -0.05) is 25.1 Å². The monoisotopic (exact) mass is 273 g/mol. The van der Waals surface area contributed by atoms with Crippen molar-refractivity contribution in [2.75, 3.05) is 13.1 Å². The molecule has 3 N–H and O–H groups in total. The Hall–Kier alpha value is -1.81. The summed E-state index contributed by atoms with van der Waals surface area (Å²) in [5.41, 5.74) is 6.70. The number of nitrogens with zero attached hydrogens (tertiary/aromatic N) is 1. The van der Waals surface area contributed by atoms with E-state index in [0.29, 0.717) is 13.1 Å². The van der Waals surface area contributed by atoms with Crippen LogP contribution in [-0.2, 0) is 11.3 Å². The molecule has 1 aromatic carbocycles. The summed E-state index contributed by atoms with van der Waals surface area (Å²) in [6.07, 6.45) is 3.78. The highest BCUT2D eigenvalue weighted by molar-refractivity contribution is 5.80. The van der Waals surface area contributed by atoms with Crippen molar-refractivity contribution < 1.29 is 4.79 Å². The van der Waals surface area contributed by atoms with E-state index in [2.05, 4.69) is 40.3 Å². The lowest BCUT2D eigenvalue weighted by Gasteiger charge is -2.11. The Balaban J connectivity index is 1.77. The number of aryl methyl sites for hydroxylation is 1. The number of hydrogen-bond donors (Lipinski definition) is 2. The zero-order valence-corrected chi connectivity index (χ0v) is 12.0. The predicted molar refractivity (Wildman–Crippen MR) is 82.4 cm³/mol. The predicted octanol–water partition coefficient (Wildman–Crippen LogP) is 2.13. The molecule has 2 rings (SSSR count). The Morgan fingerprint density at radius 3 is 2.95 bits per heavy atom. The van der Waals surface area contributed by atoms with E-state index in [1.165, 1.54) is 10.9 Å². The van der Waals surface area contributed by atoms with Crippen molar-refractivity contribution in [2.24, 2.45) is 11.7 Å². The second kappa shape index (κ2) is 7.10. The van der Waals surface area contributed by atoms with Gasteiger partial charge in [0.1, 0.15) is 0 Å². The minimum absolute atomic E-state index is 0.00686. The minimum Gasteiger partial charge on any atom is -0.356 e. The first kappa shape index (κ1) is 14.6. The van der Waals surface area contributed by atoms with Crippen LogP contribution in [0, 0.1) is 5.92 Å². The van der Waals surface area contributed by atoms with Gasteiger partial charge in [-0.3, -0.25) is 4.79 Å². The van der Waals surface area contributed by atoms with Gasteiger partial charge in [0.05, 0.1) is 0 Å². The minimum atomic E-state index is 0.00686. The maximum atomic E-state index is 11.7. The second-order valence-corrected chi connectivity index (χ2v) is 5.19. The number of fused-ring (bicyclic) bond motifs is 1. The molecular formula is C16H23N3O. The van der Waals surface area contributed by atoms with Gasteiger partial charge in [-0.15, -0.1) is 0 Å². The summed E-state index contributed by atoms with van der Waals surface area (Å²) in [6.45, 7) is 4.10. The lowest BCUT2D eigenvalue weighted by molar-refractivity contribution is -0.124. The third-order valence-corrected chi connectivity index (χ3v) is 3.60. The Kier molecular flexibility index (Phi) is 5.18. The number of nitrogens with two attached hydrogens (primary N) is 1. The fourth-order valence-electron chi connectivity index (χ4n) is 2.35. The van der Waals surface area contributed by atoms with Crippen molar-refractivity contribution in [3.63, 3.8) is 0 Å². The molecule has 0 bridgehead atoms. The molecule has 0 radical (unpaired) electrons. The van der Waals surface area contributed by atoms with E-state index in [0.717, 1.165) is 19.4 Å². The van der Waals surface area contributed by atoms with Crippen molar-refractivity contribution in [1.82, 2.24) is 9.88 Å². The summed E-state index contributed by atoms with van der Waals surface area (Å²) < 4.78 is 2.23. The van der Waals surface area contributed by atoms with Crippen LogP contribution in [0.5, 0.6) is 0 Å². The first-order valence-corrected chi connectivity index (χ1v) is 7.24. The molecule has 0 fully saturated rings. The number of hydrogen-bond acceptors (Lipinski definition) is 2. The topological polar surface area (TPSA) is 60.1 Å². The standard InChI is InChI=1S/C16H23N3O/c1-13(7-9-17)16(20)18-10-4-11-19-12-8-14-5-2-3-6-15(14)19/h2-3,5-6,8,12-13H,4,7,9-11,17H2,1H3,(H,18,20). The molecule has 0 aliphatic rings. The molecule has 108 valence electrons. The molecule has 1 amide bonds. The van der Waals surface area contributed by atoms with Crippen molar-refractivity contribution in [3.05, 3.63) is 36.5 Å². The molecule has 1 unspecified atom stereocenters. The molecule has 0 aliphatic carbocycles. The number of carbonyl (C=O) groups is 1. The Morgan fingerprint density at radius 2 is 2.15 bits per heavy atom. The largest absolute Gasteiger partial charge is 0.356 e. The second-order valence-electron chi connectivity index (χ2n) is 5.19. The molecule has 4 heteroatoms. The maximum Gasteiger partial charge on any atom is 0.222 e. The average Bonchev–Trinajstić information content (AvgIpc) is 2.87. The van der Waals surface area contributed by atoms with Crippen LogP contribution in [0.4, 0.5) is 0 Å². The smallest absolute Gasteiger partial charge is 0.222 e. The first-order valence-electron chi connectivity index (χ1n) is 7.24. The molecule has 2 aromatic rings. The van der Waals surface area contributed by atoms with Gasteiger partial charge >= 0.3 is 0 Å². The summed E-state index contributed by atoms with van der Waals surface area (Å²) >= 11 is 0. The van der Waals surface area contributed by atoms with E-state index in [-0.39, 0.29) is 11.8 Å². The van der Waals surface area contributed by atoms with Crippen LogP contribution in [0.1, 0.15) is 19.8 Å². The van der Waals surface area contributed by atoms with Crippen LogP contribution in [0.2, 0.25) is 0 Å². The van der Waals surface area contributed by atoms with Gasteiger partial charge < -0.3 is 15.6 Å². The Labute approximate surface area is 120 Å². The van der Waals surface area contributed by atoms with Crippen molar-refractivity contribution in [1.29, 1.82) is 0 Å². The summed E-state index contributed by atoms with van der Waals surface area (Å²) in [5.74, 6) is 0.111. The van der Waals surface area contributed by atoms with E-state index in [1.54, 1.807) is 0 Å². The number of nitrogens with one attached hydrogen (secondary N) is 1. The third kappa shape index (κ3) is 3.61. The molecule has 0 spiro atoms. The molecule has 0 saturated heterocycles. The third-order valence-electron chi connectivity index (χ3n) is 3.60. The van der Waals surface area contributed by atoms with Gasteiger partial charge in [-0.25, -0.2) is 0 Å². The summed E-state index contributed by atoms with van der Waals surface area (Å²) in [5, 5.41) is 4.23. The highest BCUT2D eigenvalue weighted by Gasteiger charge is 2.10. The Morgan fingerprint density at radius 1 is 1.35 bits per heavy atom. The zero-order valence-electron chi connectivity index (χ0n) is 12.0. The zero-order chi connectivity index (χ0) is 14.4. The number of rotatable bonds is 7. The first-order chi connectivity index (χ1) is 9.72. The molecule has 4 nitrogen and oxygen atoms in total. The average molecular weight is 273 g/mol. The molecule has 1 atom stereocenters. The van der Waals surface area contributed by atoms with Gasteiger partial charge in [-0.2, -0.15) is 0 Å². The van der Waals surface area contributed by atoms with Gasteiger partial charge in [0.25, 0.3) is 0 Å². The summed E-state index contributed by atoms with van der Waals surface area (Å²) in [7, 11) is 0. The van der Waals surface area contributed by atoms with E-state index < -0.39 is 0 Å². The number of amides is 1. The highest BCUT2D eigenvalue weighted by atomic mass is 16.1. The summed E-state index contributed by atoms with van der Waals surface area (Å²) in [6, 6.07) is 10.5. The van der Waals surface area contributed by atoms with Gasteiger partial charge in [0.15, 0.2) is 0 Å². The number of benzene rings is 1. The number of aromatic nitrogens is 1. The molecule has 0 aliphatic heterocycles. The quantitative estimate of drug-likeness (QED) is 0.759. The lowest BCUT2D eigenvalue weighted by Crippen LogP contribution is -2.31. The van der Waals surface area contributed by atoms with E-state index >= 15 is 0 Å². The molecule has 1 aromatic heterocycles. The van der Waals surface area contributed by atoms with Crippen LogP contribution in [-0.4, -0.2) is 23.6 Å². The lowest BCUT2D eigenvalue weighted by atomic mass is 10.1. The number of carbonyl (C=O) groups excluding carboxylic acids is 1. The van der Waals surface area contributed by atoms with Gasteiger partial charge in [0, 0.05) is 30.7 Å². The Bertz CT molecular complexity index is 562. The molecule has 1 heterocycles. The van der Waals surface area contributed by atoms with Gasteiger partial charge in [-0.05, 0) is 36.9 Å². The molecular weight excluding hydrogens is 250 g/mol. The van der Waals surface area contributed by atoms with Crippen LogP contribution >= 0.6 is 0 Å². The van der Waals surface area contributed by atoms with Gasteiger partial charge in [0.2, 0.25) is 5.91 Å². The van der Waals surface area contributed by atoms with E-state index in [9.17, 15) is 4.79 Å². The molecule has 20 heavy (non-hydrogen) atoms.